The number of hydrogen-bond acceptors (Lipinski definition) is 2. The van der Waals surface area contributed by atoms with Crippen LogP contribution < -0.4 is 5.32 Å². The zero-order valence-corrected chi connectivity index (χ0v) is 11.6. The van der Waals surface area contributed by atoms with Gasteiger partial charge < -0.3 is 9.88 Å². The highest BCUT2D eigenvalue weighted by Gasteiger charge is 2.10. The van der Waals surface area contributed by atoms with Crippen LogP contribution in [0.5, 0.6) is 0 Å². The van der Waals surface area contributed by atoms with Gasteiger partial charge in [0.05, 0.1) is 6.42 Å². The van der Waals surface area contributed by atoms with Crippen molar-refractivity contribution in [3.63, 3.8) is 0 Å². The Morgan fingerprint density at radius 1 is 1.42 bits per heavy atom. The van der Waals surface area contributed by atoms with E-state index in [2.05, 4.69) is 20.9 Å². The normalized spacial score (nSPS) is 10.5. The zero-order chi connectivity index (χ0) is 13.8. The molecule has 0 fully saturated rings. The summed E-state index contributed by atoms with van der Waals surface area (Å²) in [7, 11) is 2.02. The molecule has 0 aliphatic heterocycles. The molecule has 0 atom stereocenters. The first kappa shape index (κ1) is 13.3. The third kappa shape index (κ3) is 3.22. The summed E-state index contributed by atoms with van der Waals surface area (Å²) in [5.74, 6) is 0.0394. The number of aromatic nitrogens is 2. The van der Waals surface area contributed by atoms with Gasteiger partial charge in [-0.15, -0.1) is 0 Å². The van der Waals surface area contributed by atoms with Gasteiger partial charge in [0.1, 0.15) is 0 Å². The summed E-state index contributed by atoms with van der Waals surface area (Å²) in [4.78, 5) is 15.9. The number of nitrogens with one attached hydrogen (secondary N) is 1. The molecule has 2 aromatic rings. The van der Waals surface area contributed by atoms with Gasteiger partial charge in [0.25, 0.3) is 0 Å². The molecule has 2 heterocycles. The summed E-state index contributed by atoms with van der Waals surface area (Å²) < 4.78 is 2.10. The lowest BCUT2D eigenvalue weighted by molar-refractivity contribution is -0.120. The van der Waals surface area contributed by atoms with Crippen LogP contribution in [0.2, 0.25) is 0 Å². The van der Waals surface area contributed by atoms with E-state index in [-0.39, 0.29) is 5.91 Å². The molecule has 0 saturated carbocycles. The Kier molecular flexibility index (Phi) is 4.00. The fourth-order valence-electron chi connectivity index (χ4n) is 2.05. The standard InChI is InChI=1S/C15H19N3O/c1-11-7-14(12(2)18(11)3)8-15(19)17-10-13-5-4-6-16-9-13/h4-7,9H,8,10H2,1-3H3,(H,17,19). The monoisotopic (exact) mass is 257 g/mol. The predicted molar refractivity (Wildman–Crippen MR) is 74.7 cm³/mol. The van der Waals surface area contributed by atoms with Gasteiger partial charge in [0, 0.05) is 37.4 Å². The Bertz CT molecular complexity index is 573. The topological polar surface area (TPSA) is 46.9 Å². The molecule has 100 valence electrons. The minimum absolute atomic E-state index is 0.0394. The highest BCUT2D eigenvalue weighted by molar-refractivity contribution is 5.78. The number of rotatable bonds is 4. The van der Waals surface area contributed by atoms with Crippen molar-refractivity contribution in [1.29, 1.82) is 0 Å². The van der Waals surface area contributed by atoms with Crippen LogP contribution in [0.1, 0.15) is 22.5 Å². The first-order chi connectivity index (χ1) is 9.08. The number of aryl methyl sites for hydroxylation is 1. The average Bonchev–Trinajstić information content (AvgIpc) is 2.65. The van der Waals surface area contributed by atoms with E-state index in [4.69, 9.17) is 0 Å². The first-order valence-corrected chi connectivity index (χ1v) is 6.35. The minimum Gasteiger partial charge on any atom is -0.352 e. The van der Waals surface area contributed by atoms with Gasteiger partial charge in [-0.25, -0.2) is 0 Å². The second-order valence-corrected chi connectivity index (χ2v) is 4.77. The second-order valence-electron chi connectivity index (χ2n) is 4.77. The molecule has 19 heavy (non-hydrogen) atoms. The van der Waals surface area contributed by atoms with Gasteiger partial charge in [0.2, 0.25) is 5.91 Å². The summed E-state index contributed by atoms with van der Waals surface area (Å²) in [6.07, 6.45) is 3.91. The van der Waals surface area contributed by atoms with Gasteiger partial charge in [-0.1, -0.05) is 6.07 Å². The molecule has 0 saturated heterocycles. The summed E-state index contributed by atoms with van der Waals surface area (Å²) in [5.41, 5.74) is 4.42. The lowest BCUT2D eigenvalue weighted by atomic mass is 10.1. The molecule has 0 radical (unpaired) electrons. The molecule has 0 aliphatic carbocycles. The van der Waals surface area contributed by atoms with Crippen LogP contribution in [0.15, 0.2) is 30.6 Å². The SMILES string of the molecule is Cc1cc(CC(=O)NCc2cccnc2)c(C)n1C. The Hall–Kier alpha value is -2.10. The smallest absolute Gasteiger partial charge is 0.224 e. The largest absolute Gasteiger partial charge is 0.352 e. The number of hydrogen-bond donors (Lipinski definition) is 1. The van der Waals surface area contributed by atoms with Crippen molar-refractivity contribution < 1.29 is 4.79 Å². The Morgan fingerprint density at radius 3 is 2.79 bits per heavy atom. The first-order valence-electron chi connectivity index (χ1n) is 6.35. The van der Waals surface area contributed by atoms with Gasteiger partial charge >= 0.3 is 0 Å². The van der Waals surface area contributed by atoms with Crippen molar-refractivity contribution in [1.82, 2.24) is 14.9 Å². The molecule has 2 aromatic heterocycles. The van der Waals surface area contributed by atoms with Crippen molar-refractivity contribution in [2.45, 2.75) is 26.8 Å². The van der Waals surface area contributed by atoms with Gasteiger partial charge in [-0.05, 0) is 37.1 Å². The molecule has 0 unspecified atom stereocenters. The average molecular weight is 257 g/mol. The Balaban J connectivity index is 1.93. The summed E-state index contributed by atoms with van der Waals surface area (Å²) in [6.45, 7) is 4.61. The van der Waals surface area contributed by atoms with Crippen molar-refractivity contribution in [2.75, 3.05) is 0 Å². The summed E-state index contributed by atoms with van der Waals surface area (Å²) in [5, 5.41) is 2.92. The van der Waals surface area contributed by atoms with Gasteiger partial charge in [0.15, 0.2) is 0 Å². The molecule has 2 rings (SSSR count). The Morgan fingerprint density at radius 2 is 2.21 bits per heavy atom. The van der Waals surface area contributed by atoms with E-state index in [1.165, 1.54) is 5.69 Å². The number of nitrogens with zero attached hydrogens (tertiary/aromatic N) is 2. The van der Waals surface area contributed by atoms with E-state index < -0.39 is 0 Å². The molecular weight excluding hydrogens is 238 g/mol. The third-order valence-corrected chi connectivity index (χ3v) is 3.44. The van der Waals surface area contributed by atoms with E-state index >= 15 is 0 Å². The van der Waals surface area contributed by atoms with E-state index in [1.54, 1.807) is 12.4 Å². The third-order valence-electron chi connectivity index (χ3n) is 3.44. The molecule has 1 amide bonds. The number of carbonyl (C=O) groups excluding carboxylic acids is 1. The predicted octanol–water partition coefficient (Wildman–Crippen LogP) is 1.90. The molecular formula is C15H19N3O. The van der Waals surface area contributed by atoms with Gasteiger partial charge in [-0.2, -0.15) is 0 Å². The lowest BCUT2D eigenvalue weighted by Crippen LogP contribution is -2.24. The molecule has 4 heteroatoms. The Labute approximate surface area is 113 Å². The van der Waals surface area contributed by atoms with Crippen LogP contribution in [-0.2, 0) is 24.8 Å². The maximum absolute atomic E-state index is 11.9. The molecule has 1 N–H and O–H groups in total. The molecule has 4 nitrogen and oxygen atoms in total. The number of carbonyl (C=O) groups is 1. The van der Waals surface area contributed by atoms with Crippen LogP contribution >= 0.6 is 0 Å². The minimum atomic E-state index is 0.0394. The highest BCUT2D eigenvalue weighted by Crippen LogP contribution is 2.13. The molecule has 0 spiro atoms. The van der Waals surface area contributed by atoms with Crippen LogP contribution in [-0.4, -0.2) is 15.5 Å². The highest BCUT2D eigenvalue weighted by atomic mass is 16.1. The maximum Gasteiger partial charge on any atom is 0.224 e. The molecule has 0 aromatic carbocycles. The van der Waals surface area contributed by atoms with Crippen LogP contribution in [0.4, 0.5) is 0 Å². The van der Waals surface area contributed by atoms with Crippen LogP contribution in [0.3, 0.4) is 0 Å². The van der Waals surface area contributed by atoms with Crippen LogP contribution in [0.25, 0.3) is 0 Å². The van der Waals surface area contributed by atoms with Crippen molar-refractivity contribution in [3.8, 4) is 0 Å². The fraction of sp³-hybridized carbons (Fsp3) is 0.333. The van der Waals surface area contributed by atoms with E-state index in [0.29, 0.717) is 13.0 Å². The molecule has 0 aliphatic rings. The molecule has 0 bridgehead atoms. The van der Waals surface area contributed by atoms with Crippen LogP contribution in [0, 0.1) is 13.8 Å². The fourth-order valence-corrected chi connectivity index (χ4v) is 2.05. The van der Waals surface area contributed by atoms with E-state index in [9.17, 15) is 4.79 Å². The number of amides is 1. The van der Waals surface area contributed by atoms with Gasteiger partial charge in [-0.3, -0.25) is 9.78 Å². The summed E-state index contributed by atoms with van der Waals surface area (Å²) >= 11 is 0. The maximum atomic E-state index is 11.9. The van der Waals surface area contributed by atoms with E-state index in [1.807, 2.05) is 33.0 Å². The van der Waals surface area contributed by atoms with Crippen molar-refractivity contribution in [2.24, 2.45) is 7.05 Å². The lowest BCUT2D eigenvalue weighted by Gasteiger charge is -2.05. The second kappa shape index (κ2) is 5.69. The quantitative estimate of drug-likeness (QED) is 0.909. The van der Waals surface area contributed by atoms with Crippen molar-refractivity contribution >= 4 is 5.91 Å². The summed E-state index contributed by atoms with van der Waals surface area (Å²) in [6, 6.07) is 5.89. The van der Waals surface area contributed by atoms with Crippen molar-refractivity contribution in [3.05, 3.63) is 53.1 Å². The van der Waals surface area contributed by atoms with E-state index in [0.717, 1.165) is 16.8 Å². The zero-order valence-electron chi connectivity index (χ0n) is 11.6. The number of pyridine rings is 1.